The predicted molar refractivity (Wildman–Crippen MR) is 48.1 cm³/mol. The molecule has 0 fully saturated rings. The maximum atomic E-state index is 2.36. The molecule has 0 heterocycles. The molecule has 0 atom stereocenters. The van der Waals surface area contributed by atoms with Crippen LogP contribution >= 0.6 is 0 Å². The molecule has 0 aliphatic heterocycles. The molecule has 0 spiro atoms. The molecule has 1 heteroatoms. The quantitative estimate of drug-likeness (QED) is 0.595. The SMILES string of the molecule is CC[C]([GeH3])(CC)C(C)C. The molecule has 56 valence electrons. The van der Waals surface area contributed by atoms with Crippen LogP contribution < -0.4 is 0 Å². The molecular formula is C8H20Ge. The van der Waals surface area contributed by atoms with Gasteiger partial charge in [-0.2, -0.15) is 0 Å². The molecular weight excluding hydrogens is 169 g/mol. The topological polar surface area (TPSA) is 0 Å². The van der Waals surface area contributed by atoms with E-state index in [9.17, 15) is 0 Å². The Balaban J connectivity index is 3.92. The summed E-state index contributed by atoms with van der Waals surface area (Å²) in [5.74, 6) is 0.910. The van der Waals surface area contributed by atoms with E-state index in [-0.39, 0.29) is 0 Å². The average Bonchev–Trinajstić information content (AvgIpc) is 1.86. The summed E-state index contributed by atoms with van der Waals surface area (Å²) in [6, 6.07) is 0. The van der Waals surface area contributed by atoms with Gasteiger partial charge in [0.1, 0.15) is 0 Å². The summed E-state index contributed by atoms with van der Waals surface area (Å²) < 4.78 is 0.771. The number of hydrogen-bond acceptors (Lipinski definition) is 0. The van der Waals surface area contributed by atoms with E-state index in [2.05, 4.69) is 27.7 Å². The van der Waals surface area contributed by atoms with Crippen LogP contribution in [0.1, 0.15) is 40.5 Å². The Morgan fingerprint density at radius 2 is 1.56 bits per heavy atom. The summed E-state index contributed by atoms with van der Waals surface area (Å²) >= 11 is 0.998. The van der Waals surface area contributed by atoms with E-state index < -0.39 is 0 Å². The molecule has 0 radical (unpaired) electrons. The van der Waals surface area contributed by atoms with Gasteiger partial charge in [-0.05, 0) is 0 Å². The Morgan fingerprint density at radius 1 is 1.22 bits per heavy atom. The molecule has 0 aromatic rings. The van der Waals surface area contributed by atoms with Crippen molar-refractivity contribution in [3.8, 4) is 0 Å². The van der Waals surface area contributed by atoms with Gasteiger partial charge in [0.05, 0.1) is 0 Å². The van der Waals surface area contributed by atoms with Crippen LogP contribution in [0, 0.1) is 5.92 Å². The van der Waals surface area contributed by atoms with E-state index in [1.54, 1.807) is 0 Å². The van der Waals surface area contributed by atoms with Gasteiger partial charge in [0.25, 0.3) is 0 Å². The van der Waals surface area contributed by atoms with Gasteiger partial charge in [-0.3, -0.25) is 0 Å². The zero-order chi connectivity index (χ0) is 7.49. The van der Waals surface area contributed by atoms with Gasteiger partial charge in [0, 0.05) is 0 Å². The van der Waals surface area contributed by atoms with E-state index >= 15 is 0 Å². The van der Waals surface area contributed by atoms with Crippen molar-refractivity contribution in [1.29, 1.82) is 0 Å². The minimum atomic E-state index is 0.771. The van der Waals surface area contributed by atoms with Crippen LogP contribution in [0.5, 0.6) is 0 Å². The molecule has 0 aromatic carbocycles. The Morgan fingerprint density at radius 3 is 1.56 bits per heavy atom. The molecule has 0 rings (SSSR count). The van der Waals surface area contributed by atoms with Crippen LogP contribution in [-0.2, 0) is 0 Å². The van der Waals surface area contributed by atoms with E-state index in [1.165, 1.54) is 12.8 Å². The predicted octanol–water partition coefficient (Wildman–Crippen LogP) is 1.99. The van der Waals surface area contributed by atoms with Crippen molar-refractivity contribution in [3.05, 3.63) is 0 Å². The second kappa shape index (κ2) is 3.65. The minimum absolute atomic E-state index is 0.771. The van der Waals surface area contributed by atoms with Crippen molar-refractivity contribution in [1.82, 2.24) is 0 Å². The molecule has 0 N–H and O–H groups in total. The van der Waals surface area contributed by atoms with Crippen LogP contribution in [0.2, 0.25) is 4.25 Å². The Hall–Kier alpha value is 0.543. The summed E-state index contributed by atoms with van der Waals surface area (Å²) in [7, 11) is 0. The van der Waals surface area contributed by atoms with Crippen molar-refractivity contribution in [2.45, 2.75) is 44.8 Å². The molecule has 0 nitrogen and oxygen atoms in total. The van der Waals surface area contributed by atoms with Crippen molar-refractivity contribution in [3.63, 3.8) is 0 Å². The molecule has 0 aliphatic carbocycles. The summed E-state index contributed by atoms with van der Waals surface area (Å²) in [6.45, 7) is 9.38. The molecule has 0 aliphatic rings. The van der Waals surface area contributed by atoms with Crippen LogP contribution in [0.25, 0.3) is 0 Å². The second-order valence-electron chi connectivity index (χ2n) is 3.52. The van der Waals surface area contributed by atoms with Gasteiger partial charge in [-0.25, -0.2) is 0 Å². The molecule has 0 amide bonds. The summed E-state index contributed by atoms with van der Waals surface area (Å²) in [5, 5.41) is 0. The van der Waals surface area contributed by atoms with Crippen molar-refractivity contribution >= 4 is 16.5 Å². The summed E-state index contributed by atoms with van der Waals surface area (Å²) in [6.07, 6.45) is 2.78. The first-order valence-electron chi connectivity index (χ1n) is 4.06. The third kappa shape index (κ3) is 2.32. The first kappa shape index (κ1) is 9.54. The Bertz CT molecular complexity index is 72.6. The van der Waals surface area contributed by atoms with Crippen molar-refractivity contribution in [2.24, 2.45) is 5.92 Å². The monoisotopic (exact) mass is 190 g/mol. The van der Waals surface area contributed by atoms with E-state index in [1.807, 2.05) is 0 Å². The van der Waals surface area contributed by atoms with Gasteiger partial charge in [0.15, 0.2) is 0 Å². The molecule has 0 saturated carbocycles. The van der Waals surface area contributed by atoms with Gasteiger partial charge in [-0.15, -0.1) is 0 Å². The normalized spacial score (nSPS) is 13.0. The zero-order valence-electron chi connectivity index (χ0n) is 7.49. The fraction of sp³-hybridized carbons (Fsp3) is 1.00. The molecule has 0 bridgehead atoms. The molecule has 0 unspecified atom stereocenters. The molecule has 0 saturated heterocycles. The first-order chi connectivity index (χ1) is 4.06. The zero-order valence-corrected chi connectivity index (χ0v) is 11.7. The maximum absolute atomic E-state index is 2.36. The van der Waals surface area contributed by atoms with Gasteiger partial charge in [0.2, 0.25) is 0 Å². The number of hydrogen-bond donors (Lipinski definition) is 0. The molecule has 0 aromatic heterocycles. The van der Waals surface area contributed by atoms with E-state index in [4.69, 9.17) is 0 Å². The van der Waals surface area contributed by atoms with Crippen LogP contribution in [0.4, 0.5) is 0 Å². The van der Waals surface area contributed by atoms with E-state index in [0.717, 1.165) is 26.7 Å². The van der Waals surface area contributed by atoms with Gasteiger partial charge < -0.3 is 0 Å². The molecule has 9 heavy (non-hydrogen) atoms. The van der Waals surface area contributed by atoms with E-state index in [0.29, 0.717) is 0 Å². The average molecular weight is 189 g/mol. The van der Waals surface area contributed by atoms with Crippen molar-refractivity contribution < 1.29 is 0 Å². The number of rotatable bonds is 3. The Kier molecular flexibility index (Phi) is 3.87. The third-order valence-electron chi connectivity index (χ3n) is 3.01. The standard InChI is InChI=1S/C8H20Ge/c1-5-8(9,6-2)7(3)4/h7H,5-6H2,1-4,9H3. The van der Waals surface area contributed by atoms with Gasteiger partial charge in [-0.1, -0.05) is 0 Å². The summed E-state index contributed by atoms with van der Waals surface area (Å²) in [4.78, 5) is 0. The summed E-state index contributed by atoms with van der Waals surface area (Å²) in [5.41, 5.74) is 0. The van der Waals surface area contributed by atoms with Gasteiger partial charge >= 0.3 is 67.2 Å². The Labute approximate surface area is 67.6 Å². The fourth-order valence-corrected chi connectivity index (χ4v) is 1.07. The fourth-order valence-electron chi connectivity index (χ4n) is 1.07. The van der Waals surface area contributed by atoms with Crippen molar-refractivity contribution in [2.75, 3.05) is 0 Å². The van der Waals surface area contributed by atoms with Crippen LogP contribution in [-0.4, -0.2) is 16.5 Å². The first-order valence-corrected chi connectivity index (χ1v) is 6.16. The second-order valence-corrected chi connectivity index (χ2v) is 7.69. The van der Waals surface area contributed by atoms with Crippen LogP contribution in [0.3, 0.4) is 0 Å². The van der Waals surface area contributed by atoms with Crippen LogP contribution in [0.15, 0.2) is 0 Å². The third-order valence-corrected chi connectivity index (χ3v) is 8.40.